The predicted octanol–water partition coefficient (Wildman–Crippen LogP) is 4.00. The highest BCUT2D eigenvalue weighted by Crippen LogP contribution is 2.47. The first-order valence-corrected chi connectivity index (χ1v) is 7.44. The maximum absolute atomic E-state index is 12.0. The van der Waals surface area contributed by atoms with Crippen molar-refractivity contribution in [1.82, 2.24) is 0 Å². The summed E-state index contributed by atoms with van der Waals surface area (Å²) in [4.78, 5) is 0. The Morgan fingerprint density at radius 1 is 1.07 bits per heavy atom. The summed E-state index contributed by atoms with van der Waals surface area (Å²) in [6.07, 6.45) is 7.73. The van der Waals surface area contributed by atoms with Gasteiger partial charge in [0.15, 0.2) is 0 Å². The van der Waals surface area contributed by atoms with E-state index in [2.05, 4.69) is 6.92 Å². The van der Waals surface area contributed by atoms with E-state index < -0.39 is 7.60 Å². The quantitative estimate of drug-likeness (QED) is 0.343. The molecule has 0 spiro atoms. The molecule has 3 nitrogen and oxygen atoms in total. The van der Waals surface area contributed by atoms with Crippen molar-refractivity contribution in [3.8, 4) is 0 Å². The molecule has 0 aromatic heterocycles. The van der Waals surface area contributed by atoms with Crippen LogP contribution < -0.4 is 0 Å². The Hall–Kier alpha value is -0.110. The van der Waals surface area contributed by atoms with E-state index in [1.807, 2.05) is 26.0 Å². The fourth-order valence-corrected chi connectivity index (χ4v) is 2.66. The van der Waals surface area contributed by atoms with E-state index in [9.17, 15) is 4.57 Å². The van der Waals surface area contributed by atoms with Gasteiger partial charge < -0.3 is 9.05 Å². The monoisotopic (exact) mass is 234 g/mol. The van der Waals surface area contributed by atoms with Crippen molar-refractivity contribution in [3.63, 3.8) is 0 Å². The molecule has 0 N–H and O–H groups in total. The second kappa shape index (κ2) is 9.14. The van der Waals surface area contributed by atoms with E-state index >= 15 is 0 Å². The highest BCUT2D eigenvalue weighted by atomic mass is 31.2. The molecule has 0 heterocycles. The van der Waals surface area contributed by atoms with Crippen LogP contribution in [-0.2, 0) is 13.6 Å². The average molecular weight is 234 g/mol. The lowest BCUT2D eigenvalue weighted by atomic mass is 10.2. The van der Waals surface area contributed by atoms with Gasteiger partial charge in [-0.3, -0.25) is 4.57 Å². The first-order valence-electron chi connectivity index (χ1n) is 5.71. The topological polar surface area (TPSA) is 35.5 Å². The van der Waals surface area contributed by atoms with Crippen molar-refractivity contribution in [2.45, 2.75) is 40.0 Å². The van der Waals surface area contributed by atoms with Gasteiger partial charge in [0.25, 0.3) is 0 Å². The molecule has 90 valence electrons. The van der Waals surface area contributed by atoms with E-state index in [0.29, 0.717) is 19.4 Å². The summed E-state index contributed by atoms with van der Waals surface area (Å²) in [5.41, 5.74) is 0. The first kappa shape index (κ1) is 14.9. The lowest BCUT2D eigenvalue weighted by Gasteiger charge is -2.14. The zero-order valence-electron chi connectivity index (χ0n) is 10.1. The molecule has 0 aliphatic heterocycles. The van der Waals surface area contributed by atoms with Gasteiger partial charge in [-0.15, -0.1) is 0 Å². The van der Waals surface area contributed by atoms with E-state index in [1.54, 1.807) is 0 Å². The van der Waals surface area contributed by atoms with E-state index in [-0.39, 0.29) is 0 Å². The first-order chi connectivity index (χ1) is 7.18. The van der Waals surface area contributed by atoms with Crippen molar-refractivity contribution < 1.29 is 13.6 Å². The van der Waals surface area contributed by atoms with Crippen LogP contribution in [0, 0.1) is 0 Å². The minimum atomic E-state index is -2.85. The maximum atomic E-state index is 12.0. The standard InChI is InChI=1S/C11H23O3P/c1-4-7-8-9-10-11-15(12,13-5-2)14-6-3/h9-10H,4-8,11H2,1-3H3. The van der Waals surface area contributed by atoms with Crippen LogP contribution in [-0.4, -0.2) is 19.4 Å². The molecule has 0 aliphatic carbocycles. The molecule has 0 radical (unpaired) electrons. The number of allylic oxidation sites excluding steroid dienone is 2. The van der Waals surface area contributed by atoms with Crippen LogP contribution in [0.4, 0.5) is 0 Å². The van der Waals surface area contributed by atoms with E-state index in [4.69, 9.17) is 9.05 Å². The molecular formula is C11H23O3P. The van der Waals surface area contributed by atoms with Crippen LogP contribution >= 0.6 is 7.60 Å². The molecule has 4 heteroatoms. The minimum absolute atomic E-state index is 0.387. The van der Waals surface area contributed by atoms with Crippen molar-refractivity contribution in [1.29, 1.82) is 0 Å². The molecule has 0 amide bonds. The van der Waals surface area contributed by atoms with Crippen LogP contribution in [0.2, 0.25) is 0 Å². The van der Waals surface area contributed by atoms with Crippen molar-refractivity contribution in [2.75, 3.05) is 19.4 Å². The summed E-state index contributed by atoms with van der Waals surface area (Å²) >= 11 is 0. The van der Waals surface area contributed by atoms with Crippen LogP contribution in [0.3, 0.4) is 0 Å². The second-order valence-electron chi connectivity index (χ2n) is 3.24. The number of hydrogen-bond donors (Lipinski definition) is 0. The Morgan fingerprint density at radius 2 is 1.67 bits per heavy atom. The van der Waals surface area contributed by atoms with Gasteiger partial charge in [0.1, 0.15) is 0 Å². The van der Waals surface area contributed by atoms with E-state index in [1.165, 1.54) is 12.8 Å². The van der Waals surface area contributed by atoms with Gasteiger partial charge in [0.05, 0.1) is 19.4 Å². The molecule has 0 unspecified atom stereocenters. The largest absolute Gasteiger partial charge is 0.334 e. The van der Waals surface area contributed by atoms with Gasteiger partial charge in [0.2, 0.25) is 0 Å². The molecule has 15 heavy (non-hydrogen) atoms. The summed E-state index contributed by atoms with van der Waals surface area (Å²) < 4.78 is 22.3. The summed E-state index contributed by atoms with van der Waals surface area (Å²) in [5.74, 6) is 0. The Labute approximate surface area is 93.4 Å². The molecule has 0 aromatic rings. The summed E-state index contributed by atoms with van der Waals surface area (Å²) in [5, 5.41) is 0. The fourth-order valence-electron chi connectivity index (χ4n) is 1.18. The Balaban J connectivity index is 3.95. The SMILES string of the molecule is CCCCC=CCP(=O)(OCC)OCC. The highest BCUT2D eigenvalue weighted by molar-refractivity contribution is 7.54. The lowest BCUT2D eigenvalue weighted by Crippen LogP contribution is -1.98. The van der Waals surface area contributed by atoms with Crippen molar-refractivity contribution in [3.05, 3.63) is 12.2 Å². The number of unbranched alkanes of at least 4 members (excludes halogenated alkanes) is 2. The zero-order valence-corrected chi connectivity index (χ0v) is 11.0. The van der Waals surface area contributed by atoms with E-state index in [0.717, 1.165) is 6.42 Å². The van der Waals surface area contributed by atoms with Gasteiger partial charge in [-0.1, -0.05) is 31.9 Å². The molecule has 0 rings (SSSR count). The molecule has 0 saturated heterocycles. The van der Waals surface area contributed by atoms with Crippen molar-refractivity contribution >= 4 is 7.60 Å². The number of hydrogen-bond acceptors (Lipinski definition) is 3. The second-order valence-corrected chi connectivity index (χ2v) is 5.35. The van der Waals surface area contributed by atoms with Crippen LogP contribution in [0.5, 0.6) is 0 Å². The Morgan fingerprint density at radius 3 is 2.13 bits per heavy atom. The molecule has 0 aliphatic rings. The molecule has 0 aromatic carbocycles. The third-order valence-electron chi connectivity index (χ3n) is 1.87. The zero-order chi connectivity index (χ0) is 11.6. The normalized spacial score (nSPS) is 12.5. The maximum Gasteiger partial charge on any atom is 0.334 e. The van der Waals surface area contributed by atoms with Crippen LogP contribution in [0.1, 0.15) is 40.0 Å². The van der Waals surface area contributed by atoms with Crippen LogP contribution in [0.25, 0.3) is 0 Å². The average Bonchev–Trinajstić information content (AvgIpc) is 2.18. The summed E-state index contributed by atoms with van der Waals surface area (Å²) in [7, 11) is -2.85. The summed E-state index contributed by atoms with van der Waals surface area (Å²) in [6.45, 7) is 6.66. The number of rotatable bonds is 9. The molecule has 0 fully saturated rings. The van der Waals surface area contributed by atoms with Gasteiger partial charge in [-0.25, -0.2) is 0 Å². The fraction of sp³-hybridized carbons (Fsp3) is 0.818. The van der Waals surface area contributed by atoms with Gasteiger partial charge in [0, 0.05) is 0 Å². The summed E-state index contributed by atoms with van der Waals surface area (Å²) in [6, 6.07) is 0. The van der Waals surface area contributed by atoms with Gasteiger partial charge in [-0.2, -0.15) is 0 Å². The molecule has 0 saturated carbocycles. The predicted molar refractivity (Wildman–Crippen MR) is 64.4 cm³/mol. The Bertz CT molecular complexity index is 204. The van der Waals surface area contributed by atoms with Crippen LogP contribution in [0.15, 0.2) is 12.2 Å². The molecule has 0 bridgehead atoms. The van der Waals surface area contributed by atoms with Crippen molar-refractivity contribution in [2.24, 2.45) is 0 Å². The minimum Gasteiger partial charge on any atom is -0.309 e. The third-order valence-corrected chi connectivity index (χ3v) is 3.83. The molecule has 0 atom stereocenters. The smallest absolute Gasteiger partial charge is 0.309 e. The Kier molecular flexibility index (Phi) is 9.07. The lowest BCUT2D eigenvalue weighted by molar-refractivity contribution is 0.222. The van der Waals surface area contributed by atoms with Gasteiger partial charge >= 0.3 is 7.60 Å². The molecular weight excluding hydrogens is 211 g/mol. The van der Waals surface area contributed by atoms with Gasteiger partial charge in [-0.05, 0) is 20.3 Å². The third kappa shape index (κ3) is 7.78. The highest BCUT2D eigenvalue weighted by Gasteiger charge is 2.20.